The second-order valence-corrected chi connectivity index (χ2v) is 11.5. The van der Waals surface area contributed by atoms with Crippen LogP contribution in [0.2, 0.25) is 5.02 Å². The summed E-state index contributed by atoms with van der Waals surface area (Å²) in [4.78, 5) is 28.3. The molecule has 1 unspecified atom stereocenters. The van der Waals surface area contributed by atoms with Crippen molar-refractivity contribution < 1.29 is 41.4 Å². The zero-order valence-electron chi connectivity index (χ0n) is 26.0. The number of nitrogens with zero attached hydrogens (tertiary/aromatic N) is 5. The number of aromatic nitrogens is 2. The normalized spacial score (nSPS) is 17.3. The average molecular weight is 686 g/mol. The van der Waals surface area contributed by atoms with Crippen molar-refractivity contribution in [2.24, 2.45) is 0 Å². The van der Waals surface area contributed by atoms with E-state index < -0.39 is 24.5 Å². The van der Waals surface area contributed by atoms with Gasteiger partial charge in [0, 0.05) is 61.2 Å². The lowest BCUT2D eigenvalue weighted by molar-refractivity contribution is -0.192. The van der Waals surface area contributed by atoms with Gasteiger partial charge >= 0.3 is 18.1 Å². The molecule has 0 amide bonds. The summed E-state index contributed by atoms with van der Waals surface area (Å²) >= 11 is 6.46. The third-order valence-electron chi connectivity index (χ3n) is 8.18. The van der Waals surface area contributed by atoms with E-state index in [1.54, 1.807) is 6.92 Å². The molecule has 0 radical (unpaired) electrons. The van der Waals surface area contributed by atoms with E-state index in [0.29, 0.717) is 18.0 Å². The molecule has 1 aromatic heterocycles. The average Bonchev–Trinajstić information content (AvgIpc) is 3.51. The van der Waals surface area contributed by atoms with Gasteiger partial charge in [-0.15, -0.1) is 0 Å². The third-order valence-corrected chi connectivity index (χ3v) is 8.42. The molecule has 2 aromatic carbocycles. The van der Waals surface area contributed by atoms with Crippen molar-refractivity contribution in [1.82, 2.24) is 14.7 Å². The van der Waals surface area contributed by atoms with Gasteiger partial charge in [0.05, 0.1) is 18.8 Å². The molecule has 0 spiro atoms. The van der Waals surface area contributed by atoms with Crippen molar-refractivity contribution in [2.45, 2.75) is 45.3 Å². The number of carbonyl (C=O) groups is 2. The first kappa shape index (κ1) is 35.9. The molecule has 256 valence electrons. The van der Waals surface area contributed by atoms with Crippen molar-refractivity contribution in [3.63, 3.8) is 0 Å². The Morgan fingerprint density at radius 3 is 2.26 bits per heavy atom. The molecule has 2 aliphatic heterocycles. The van der Waals surface area contributed by atoms with E-state index in [4.69, 9.17) is 26.2 Å². The van der Waals surface area contributed by atoms with Crippen molar-refractivity contribution in [1.29, 1.82) is 0 Å². The maximum Gasteiger partial charge on any atom is 0.490 e. The van der Waals surface area contributed by atoms with Gasteiger partial charge < -0.3 is 24.5 Å². The zero-order valence-corrected chi connectivity index (χ0v) is 26.8. The molecule has 9 nitrogen and oxygen atoms in total. The number of likely N-dealkylation sites (N-methyl/N-ethyl adjacent to an activating group) is 1. The van der Waals surface area contributed by atoms with Crippen LogP contribution in [-0.4, -0.2) is 90.3 Å². The van der Waals surface area contributed by atoms with Crippen LogP contribution in [0.25, 0.3) is 11.1 Å². The fourth-order valence-electron chi connectivity index (χ4n) is 5.80. The third kappa shape index (κ3) is 8.92. The Bertz CT molecular complexity index is 1510. The summed E-state index contributed by atoms with van der Waals surface area (Å²) in [5.41, 5.74) is 3.72. The first-order valence-electron chi connectivity index (χ1n) is 15.3. The maximum atomic E-state index is 14.1. The summed E-state index contributed by atoms with van der Waals surface area (Å²) < 4.78 is 66.3. The predicted octanol–water partition coefficient (Wildman–Crippen LogP) is 6.93. The standard InChI is InChI=1S/C30H36ClF2N5O2.C2HF3O2/c1-3-35-14-16-36(17-15-35)23-10-7-21(8-11-23)25-12-9-22(31)18-27(25)37-13-5-6-24(20-37)38-28(29(32)33)26(19-34-38)30(39)40-4-2;3-2(4,5)1(6)7/h7-12,18-19,24,29H,3-6,13-17,20H2,1-2H3;(H,6,7). The summed E-state index contributed by atoms with van der Waals surface area (Å²) in [6.45, 7) is 10.4. The summed E-state index contributed by atoms with van der Waals surface area (Å²) in [7, 11) is 0. The minimum absolute atomic E-state index is 0.109. The number of esters is 1. The van der Waals surface area contributed by atoms with Gasteiger partial charge in [0.1, 0.15) is 11.3 Å². The first-order chi connectivity index (χ1) is 22.3. The van der Waals surface area contributed by atoms with Crippen LogP contribution < -0.4 is 9.80 Å². The molecule has 0 aliphatic carbocycles. The van der Waals surface area contributed by atoms with Gasteiger partial charge in [-0.05, 0) is 56.1 Å². The van der Waals surface area contributed by atoms with Crippen LogP contribution in [-0.2, 0) is 9.53 Å². The summed E-state index contributed by atoms with van der Waals surface area (Å²) in [5, 5.41) is 12.0. The van der Waals surface area contributed by atoms with Crippen LogP contribution >= 0.6 is 11.6 Å². The molecule has 0 bridgehead atoms. The Balaban J connectivity index is 0.000000644. The van der Waals surface area contributed by atoms with Gasteiger partial charge in [-0.3, -0.25) is 4.68 Å². The van der Waals surface area contributed by atoms with Crippen LogP contribution in [0.3, 0.4) is 0 Å². The number of benzene rings is 2. The van der Waals surface area contributed by atoms with Crippen molar-refractivity contribution >= 4 is 34.9 Å². The Morgan fingerprint density at radius 2 is 1.68 bits per heavy atom. The van der Waals surface area contributed by atoms with Crippen LogP contribution in [0.4, 0.5) is 33.3 Å². The SMILES string of the molecule is CCOC(=O)c1cnn(C2CCCN(c3cc(Cl)ccc3-c3ccc(N4CCN(CC)CC4)cc3)C2)c1C(F)F.O=C(O)C(F)(F)F. The highest BCUT2D eigenvalue weighted by molar-refractivity contribution is 6.31. The van der Waals surface area contributed by atoms with Crippen molar-refractivity contribution in [2.75, 3.05) is 62.2 Å². The van der Waals surface area contributed by atoms with Crippen molar-refractivity contribution in [3.05, 3.63) is 64.9 Å². The van der Waals surface area contributed by atoms with E-state index in [1.807, 2.05) is 18.2 Å². The van der Waals surface area contributed by atoms with Gasteiger partial charge in [0.2, 0.25) is 0 Å². The number of hydrogen-bond donors (Lipinski definition) is 1. The van der Waals surface area contributed by atoms with Gasteiger partial charge in [0.15, 0.2) is 0 Å². The van der Waals surface area contributed by atoms with E-state index >= 15 is 0 Å². The van der Waals surface area contributed by atoms with Crippen molar-refractivity contribution in [3.8, 4) is 11.1 Å². The lowest BCUT2D eigenvalue weighted by atomic mass is 9.99. The number of carboxylic acid groups (broad SMARTS) is 1. The van der Waals surface area contributed by atoms with Gasteiger partial charge in [-0.25, -0.2) is 18.4 Å². The molecule has 2 aliphatic rings. The number of ether oxygens (including phenoxy) is 1. The van der Waals surface area contributed by atoms with Crippen LogP contribution in [0.15, 0.2) is 48.7 Å². The van der Waals surface area contributed by atoms with E-state index in [-0.39, 0.29) is 23.9 Å². The Morgan fingerprint density at radius 1 is 1.02 bits per heavy atom. The fraction of sp³-hybridized carbons (Fsp3) is 0.469. The topological polar surface area (TPSA) is 91.1 Å². The molecule has 1 N–H and O–H groups in total. The second-order valence-electron chi connectivity index (χ2n) is 11.1. The number of aliphatic carboxylic acids is 1. The van der Waals surface area contributed by atoms with Crippen LogP contribution in [0.5, 0.6) is 0 Å². The predicted molar refractivity (Wildman–Crippen MR) is 169 cm³/mol. The molecule has 5 rings (SSSR count). The van der Waals surface area contributed by atoms with E-state index in [9.17, 15) is 26.7 Å². The molecule has 47 heavy (non-hydrogen) atoms. The smallest absolute Gasteiger partial charge is 0.475 e. The summed E-state index contributed by atoms with van der Waals surface area (Å²) in [6, 6.07) is 14.2. The highest BCUT2D eigenvalue weighted by Gasteiger charge is 2.38. The number of anilines is 2. The van der Waals surface area contributed by atoms with Crippen LogP contribution in [0, 0.1) is 0 Å². The van der Waals surface area contributed by atoms with Gasteiger partial charge in [0.25, 0.3) is 6.43 Å². The molecule has 15 heteroatoms. The Labute approximate surface area is 274 Å². The monoisotopic (exact) mass is 685 g/mol. The van der Waals surface area contributed by atoms with Crippen LogP contribution in [0.1, 0.15) is 55.2 Å². The number of halogens is 6. The molecule has 3 aromatic rings. The Hall–Kier alpha value is -3.91. The molecular weight excluding hydrogens is 649 g/mol. The molecule has 1 atom stereocenters. The highest BCUT2D eigenvalue weighted by atomic mass is 35.5. The molecule has 0 saturated carbocycles. The quantitative estimate of drug-likeness (QED) is 0.202. The molecule has 2 saturated heterocycles. The highest BCUT2D eigenvalue weighted by Crippen LogP contribution is 2.38. The van der Waals surface area contributed by atoms with E-state index in [0.717, 1.165) is 62.5 Å². The zero-order chi connectivity index (χ0) is 34.3. The maximum absolute atomic E-state index is 14.1. The Kier molecular flexibility index (Phi) is 12.1. The number of carboxylic acids is 1. The van der Waals surface area contributed by atoms with Gasteiger partial charge in [-0.2, -0.15) is 18.3 Å². The minimum atomic E-state index is -5.08. The lowest BCUT2D eigenvalue weighted by Gasteiger charge is -2.36. The lowest BCUT2D eigenvalue weighted by Crippen LogP contribution is -2.46. The number of hydrogen-bond acceptors (Lipinski definition) is 7. The number of piperidine rings is 1. The minimum Gasteiger partial charge on any atom is -0.475 e. The number of piperazine rings is 1. The largest absolute Gasteiger partial charge is 0.490 e. The number of rotatable bonds is 8. The summed E-state index contributed by atoms with van der Waals surface area (Å²) in [5.74, 6) is -3.53. The van der Waals surface area contributed by atoms with Gasteiger partial charge in [-0.1, -0.05) is 36.7 Å². The number of carbonyl (C=O) groups excluding carboxylic acids is 1. The molecular formula is C32H37ClF5N5O4. The number of alkyl halides is 5. The molecule has 3 heterocycles. The van der Waals surface area contributed by atoms with E-state index in [2.05, 4.69) is 51.0 Å². The second kappa shape index (κ2) is 15.8. The van der Waals surface area contributed by atoms with E-state index in [1.165, 1.54) is 16.6 Å². The first-order valence-corrected chi connectivity index (χ1v) is 15.7. The summed E-state index contributed by atoms with van der Waals surface area (Å²) in [6.07, 6.45) is -5.26. The fourth-order valence-corrected chi connectivity index (χ4v) is 5.97. The molecule has 2 fully saturated rings.